The van der Waals surface area contributed by atoms with Crippen LogP contribution < -0.4 is 19.5 Å². The summed E-state index contributed by atoms with van der Waals surface area (Å²) in [7, 11) is 1.52. The van der Waals surface area contributed by atoms with Crippen molar-refractivity contribution < 1.29 is 23.7 Å². The molecule has 2 aromatic carbocycles. The molecular weight excluding hydrogens is 504 g/mol. The fraction of sp³-hybridized carbons (Fsp3) is 0.357. The molecule has 0 aliphatic carbocycles. The number of carbonyl (C=O) groups excluding carboxylic acids is 1. The highest BCUT2D eigenvalue weighted by molar-refractivity contribution is 7.15. The zero-order chi connectivity index (χ0) is 27.5. The summed E-state index contributed by atoms with van der Waals surface area (Å²) in [6.07, 6.45) is 1.48. The molecule has 0 saturated carbocycles. The lowest BCUT2D eigenvalue weighted by Gasteiger charge is -2.12. The Morgan fingerprint density at radius 1 is 1.03 bits per heavy atom. The van der Waals surface area contributed by atoms with Crippen molar-refractivity contribution in [1.82, 2.24) is 10.2 Å². The number of hydrogen-bond acceptors (Lipinski definition) is 9. The first kappa shape index (κ1) is 28.6. The second kappa shape index (κ2) is 14.1. The van der Waals surface area contributed by atoms with Crippen LogP contribution >= 0.6 is 11.3 Å². The molecule has 0 unspecified atom stereocenters. The zero-order valence-corrected chi connectivity index (χ0v) is 23.1. The number of rotatable bonds is 13. The Morgan fingerprint density at radius 3 is 2.45 bits per heavy atom. The third-order valence-corrected chi connectivity index (χ3v) is 6.62. The highest BCUT2D eigenvalue weighted by atomic mass is 32.1. The molecule has 9 nitrogen and oxygen atoms in total. The number of anilines is 1. The molecule has 10 heteroatoms. The van der Waals surface area contributed by atoms with E-state index < -0.39 is 5.91 Å². The second-order valence-corrected chi connectivity index (χ2v) is 9.70. The molecule has 3 aromatic rings. The van der Waals surface area contributed by atoms with E-state index in [0.29, 0.717) is 48.6 Å². The van der Waals surface area contributed by atoms with Crippen molar-refractivity contribution in [2.45, 2.75) is 33.6 Å². The summed E-state index contributed by atoms with van der Waals surface area (Å²) in [4.78, 5) is 12.6. The normalized spacial score (nSPS) is 11.2. The Labute approximate surface area is 227 Å². The Bertz CT molecular complexity index is 1310. The third-order valence-electron chi connectivity index (χ3n) is 5.48. The van der Waals surface area contributed by atoms with Crippen molar-refractivity contribution in [3.63, 3.8) is 0 Å². The van der Waals surface area contributed by atoms with Crippen LogP contribution in [-0.2, 0) is 9.53 Å². The van der Waals surface area contributed by atoms with Gasteiger partial charge in [-0.3, -0.25) is 10.1 Å². The quantitative estimate of drug-likeness (QED) is 0.178. The maximum absolute atomic E-state index is 12.6. The summed E-state index contributed by atoms with van der Waals surface area (Å²) in [5.74, 6) is 1.46. The number of aryl methyl sites for hydroxylation is 2. The van der Waals surface area contributed by atoms with Gasteiger partial charge in [-0.05, 0) is 60.9 Å². The standard InChI is InChI=1S/C28H32N4O5S/c1-18(2)27-31-32-28(38-27)30-26(33)22(17-29)15-21-7-9-24(25(16-21)34-5)37-13-11-35-10-12-36-23-8-6-19(3)20(4)14-23/h6-9,14-16,18H,10-13H2,1-5H3,(H,30,32,33)/b22-15-. The van der Waals surface area contributed by atoms with Crippen LogP contribution in [0.3, 0.4) is 0 Å². The molecule has 0 aliphatic rings. The van der Waals surface area contributed by atoms with Crippen LogP contribution in [0.1, 0.15) is 41.5 Å². The zero-order valence-electron chi connectivity index (χ0n) is 22.2. The summed E-state index contributed by atoms with van der Waals surface area (Å²) in [5, 5.41) is 21.3. The van der Waals surface area contributed by atoms with Gasteiger partial charge in [0.15, 0.2) is 11.5 Å². The average molecular weight is 537 g/mol. The van der Waals surface area contributed by atoms with Gasteiger partial charge < -0.3 is 18.9 Å². The summed E-state index contributed by atoms with van der Waals surface area (Å²) in [6.45, 7) is 9.68. The molecule has 1 aromatic heterocycles. The monoisotopic (exact) mass is 536 g/mol. The van der Waals surface area contributed by atoms with Crippen LogP contribution in [0.25, 0.3) is 6.08 Å². The van der Waals surface area contributed by atoms with E-state index in [4.69, 9.17) is 18.9 Å². The van der Waals surface area contributed by atoms with Gasteiger partial charge in [-0.1, -0.05) is 37.3 Å². The first-order chi connectivity index (χ1) is 18.3. The highest BCUT2D eigenvalue weighted by Crippen LogP contribution is 2.29. The lowest BCUT2D eigenvalue weighted by Crippen LogP contribution is -2.13. The van der Waals surface area contributed by atoms with Gasteiger partial charge in [-0.2, -0.15) is 5.26 Å². The van der Waals surface area contributed by atoms with Gasteiger partial charge in [0.1, 0.15) is 35.6 Å². The number of hydrogen-bond donors (Lipinski definition) is 1. The van der Waals surface area contributed by atoms with Crippen molar-refractivity contribution in [2.24, 2.45) is 0 Å². The molecule has 1 amide bonds. The van der Waals surface area contributed by atoms with Crippen molar-refractivity contribution in [3.05, 3.63) is 63.7 Å². The molecule has 0 spiro atoms. The van der Waals surface area contributed by atoms with E-state index in [0.717, 1.165) is 10.8 Å². The third kappa shape index (κ3) is 8.30. The van der Waals surface area contributed by atoms with Gasteiger partial charge in [0.25, 0.3) is 5.91 Å². The van der Waals surface area contributed by atoms with Gasteiger partial charge in [0.05, 0.1) is 20.3 Å². The van der Waals surface area contributed by atoms with E-state index in [1.54, 1.807) is 18.2 Å². The Morgan fingerprint density at radius 2 is 1.79 bits per heavy atom. The van der Waals surface area contributed by atoms with Crippen LogP contribution in [0.15, 0.2) is 42.0 Å². The molecule has 0 atom stereocenters. The van der Waals surface area contributed by atoms with Crippen molar-refractivity contribution in [1.29, 1.82) is 5.26 Å². The largest absolute Gasteiger partial charge is 0.493 e. The molecule has 200 valence electrons. The van der Waals surface area contributed by atoms with Gasteiger partial charge in [-0.25, -0.2) is 0 Å². The summed E-state index contributed by atoms with van der Waals surface area (Å²) in [5.41, 5.74) is 2.96. The number of methoxy groups -OCH3 is 1. The molecule has 3 rings (SSSR count). The van der Waals surface area contributed by atoms with E-state index in [9.17, 15) is 10.1 Å². The van der Waals surface area contributed by atoms with Gasteiger partial charge in [0, 0.05) is 5.92 Å². The van der Waals surface area contributed by atoms with Crippen LogP contribution in [0.2, 0.25) is 0 Å². The first-order valence-corrected chi connectivity index (χ1v) is 13.0. The lowest BCUT2D eigenvalue weighted by atomic mass is 10.1. The predicted molar refractivity (Wildman–Crippen MR) is 147 cm³/mol. The van der Waals surface area contributed by atoms with E-state index >= 15 is 0 Å². The number of amides is 1. The van der Waals surface area contributed by atoms with E-state index in [2.05, 4.69) is 29.4 Å². The van der Waals surface area contributed by atoms with Gasteiger partial charge >= 0.3 is 0 Å². The first-order valence-electron chi connectivity index (χ1n) is 12.2. The maximum atomic E-state index is 12.6. The molecule has 1 heterocycles. The average Bonchev–Trinajstić information content (AvgIpc) is 3.38. The van der Waals surface area contributed by atoms with Gasteiger partial charge in [-0.15, -0.1) is 10.2 Å². The summed E-state index contributed by atoms with van der Waals surface area (Å²) in [6, 6.07) is 13.1. The Hall–Kier alpha value is -3.94. The van der Waals surface area contributed by atoms with Crippen molar-refractivity contribution >= 4 is 28.5 Å². The van der Waals surface area contributed by atoms with E-state index in [1.807, 2.05) is 38.1 Å². The van der Waals surface area contributed by atoms with Crippen LogP contribution in [0.5, 0.6) is 17.2 Å². The second-order valence-electron chi connectivity index (χ2n) is 8.69. The predicted octanol–water partition coefficient (Wildman–Crippen LogP) is 5.31. The number of aromatic nitrogens is 2. The summed E-state index contributed by atoms with van der Waals surface area (Å²) >= 11 is 1.28. The van der Waals surface area contributed by atoms with Crippen LogP contribution in [-0.4, -0.2) is 49.6 Å². The number of ether oxygens (including phenoxy) is 4. The van der Waals surface area contributed by atoms with Crippen LogP contribution in [0.4, 0.5) is 5.13 Å². The number of benzene rings is 2. The Kier molecular flexibility index (Phi) is 10.6. The Balaban J connectivity index is 1.48. The molecule has 1 N–H and O–H groups in total. The molecule has 0 aliphatic heterocycles. The van der Waals surface area contributed by atoms with Crippen LogP contribution in [0, 0.1) is 25.2 Å². The molecule has 0 radical (unpaired) electrons. The van der Waals surface area contributed by atoms with Crippen molar-refractivity contribution in [3.8, 4) is 23.3 Å². The fourth-order valence-corrected chi connectivity index (χ4v) is 3.97. The highest BCUT2D eigenvalue weighted by Gasteiger charge is 2.15. The molecular formula is C28H32N4O5S. The number of nitrogens with one attached hydrogen (secondary N) is 1. The summed E-state index contributed by atoms with van der Waals surface area (Å²) < 4.78 is 22.5. The smallest absolute Gasteiger partial charge is 0.268 e. The van der Waals surface area contributed by atoms with E-state index in [-0.39, 0.29) is 11.5 Å². The minimum atomic E-state index is -0.558. The minimum absolute atomic E-state index is 0.0709. The molecule has 0 fully saturated rings. The van der Waals surface area contributed by atoms with Crippen molar-refractivity contribution in [2.75, 3.05) is 38.9 Å². The molecule has 0 bridgehead atoms. The molecule has 38 heavy (non-hydrogen) atoms. The fourth-order valence-electron chi connectivity index (χ4n) is 3.23. The number of nitriles is 1. The number of carbonyl (C=O) groups is 1. The van der Waals surface area contributed by atoms with E-state index in [1.165, 1.54) is 35.6 Å². The lowest BCUT2D eigenvalue weighted by molar-refractivity contribution is -0.112. The SMILES string of the molecule is COc1cc(/C=C(/C#N)C(=O)Nc2nnc(C(C)C)s2)ccc1OCCOCCOc1ccc(C)c(C)c1. The van der Waals surface area contributed by atoms with Gasteiger partial charge in [0.2, 0.25) is 5.13 Å². The number of nitrogens with zero attached hydrogens (tertiary/aromatic N) is 3. The maximum Gasteiger partial charge on any atom is 0.268 e. The molecule has 0 saturated heterocycles. The topological polar surface area (TPSA) is 116 Å². The minimum Gasteiger partial charge on any atom is -0.493 e.